The Hall–Kier alpha value is -2.48. The first kappa shape index (κ1) is 15.9. The number of hydrogen-bond acceptors (Lipinski definition) is 3. The Bertz CT molecular complexity index is 588. The van der Waals surface area contributed by atoms with Gasteiger partial charge in [-0.3, -0.25) is 0 Å². The quantitative estimate of drug-likeness (QED) is 0.688. The molecule has 5 heteroatoms. The number of likely N-dealkylation sites (tertiary alicyclic amines) is 1. The monoisotopic (exact) mass is 301 g/mol. The van der Waals surface area contributed by atoms with Crippen LogP contribution in [0.15, 0.2) is 24.3 Å². The number of methoxy groups -OCH3 is 1. The molecule has 0 radical (unpaired) electrons. The van der Waals surface area contributed by atoms with Gasteiger partial charge in [0.1, 0.15) is 0 Å². The molecule has 1 aliphatic rings. The SMILES string of the molecule is C#CCC1CCN(C(=O)O)[C@H](c2ccc(C(=O)OC)cc2)C1. The lowest BCUT2D eigenvalue weighted by molar-refractivity contribution is 0.0600. The average Bonchev–Trinajstić information content (AvgIpc) is 2.54. The zero-order valence-electron chi connectivity index (χ0n) is 12.5. The molecule has 22 heavy (non-hydrogen) atoms. The number of carbonyl (C=O) groups is 2. The summed E-state index contributed by atoms with van der Waals surface area (Å²) in [5, 5.41) is 9.38. The zero-order chi connectivity index (χ0) is 16.1. The maximum Gasteiger partial charge on any atom is 0.407 e. The molecule has 2 rings (SSSR count). The van der Waals surface area contributed by atoms with E-state index >= 15 is 0 Å². The highest BCUT2D eigenvalue weighted by molar-refractivity contribution is 5.89. The smallest absolute Gasteiger partial charge is 0.407 e. The van der Waals surface area contributed by atoms with Gasteiger partial charge in [-0.05, 0) is 36.5 Å². The minimum absolute atomic E-state index is 0.226. The van der Waals surface area contributed by atoms with E-state index in [0.29, 0.717) is 30.9 Å². The minimum Gasteiger partial charge on any atom is -0.465 e. The Morgan fingerprint density at radius 1 is 1.41 bits per heavy atom. The van der Waals surface area contributed by atoms with Crippen LogP contribution in [0.2, 0.25) is 0 Å². The standard InChI is InChI=1S/C17H19NO4/c1-3-4-12-9-10-18(17(20)21)15(11-12)13-5-7-14(8-6-13)16(19)22-2/h1,5-8,12,15H,4,9-11H2,2H3,(H,20,21)/t12?,15-/m0/s1. The topological polar surface area (TPSA) is 66.8 Å². The number of nitrogens with zero attached hydrogens (tertiary/aromatic N) is 1. The molecule has 1 unspecified atom stereocenters. The van der Waals surface area contributed by atoms with Crippen LogP contribution in [-0.4, -0.2) is 35.7 Å². The number of amides is 1. The lowest BCUT2D eigenvalue weighted by Gasteiger charge is -2.37. The number of hydrogen-bond donors (Lipinski definition) is 1. The number of ether oxygens (including phenoxy) is 1. The lowest BCUT2D eigenvalue weighted by Crippen LogP contribution is -2.40. The molecule has 0 aromatic heterocycles. The van der Waals surface area contributed by atoms with Crippen molar-refractivity contribution in [2.75, 3.05) is 13.7 Å². The van der Waals surface area contributed by atoms with Crippen LogP contribution < -0.4 is 0 Å². The Morgan fingerprint density at radius 3 is 2.64 bits per heavy atom. The molecule has 116 valence electrons. The van der Waals surface area contributed by atoms with E-state index in [2.05, 4.69) is 10.7 Å². The van der Waals surface area contributed by atoms with Crippen molar-refractivity contribution in [3.63, 3.8) is 0 Å². The zero-order valence-corrected chi connectivity index (χ0v) is 12.5. The number of terminal acetylenes is 1. The summed E-state index contributed by atoms with van der Waals surface area (Å²) in [5.41, 5.74) is 1.32. The van der Waals surface area contributed by atoms with E-state index in [9.17, 15) is 14.7 Å². The van der Waals surface area contributed by atoms with E-state index in [1.54, 1.807) is 24.3 Å². The molecule has 1 saturated heterocycles. The first-order chi connectivity index (χ1) is 10.6. The number of esters is 1. The first-order valence-electron chi connectivity index (χ1n) is 7.18. The van der Waals surface area contributed by atoms with Gasteiger partial charge in [-0.2, -0.15) is 0 Å². The number of carboxylic acid groups (broad SMARTS) is 1. The fourth-order valence-corrected chi connectivity index (χ4v) is 2.89. The molecule has 1 aromatic carbocycles. The van der Waals surface area contributed by atoms with E-state index in [-0.39, 0.29) is 6.04 Å². The van der Waals surface area contributed by atoms with Gasteiger partial charge in [0.25, 0.3) is 0 Å². The van der Waals surface area contributed by atoms with Crippen LogP contribution >= 0.6 is 0 Å². The molecule has 0 bridgehead atoms. The normalized spacial score (nSPS) is 21.0. The van der Waals surface area contributed by atoms with Crippen LogP contribution in [0, 0.1) is 18.3 Å². The van der Waals surface area contributed by atoms with E-state index in [4.69, 9.17) is 6.42 Å². The second kappa shape index (κ2) is 6.99. The van der Waals surface area contributed by atoms with Crippen molar-refractivity contribution >= 4 is 12.1 Å². The summed E-state index contributed by atoms with van der Waals surface area (Å²) in [6.07, 6.45) is 6.59. The largest absolute Gasteiger partial charge is 0.465 e. The van der Waals surface area contributed by atoms with Crippen molar-refractivity contribution in [3.8, 4) is 12.3 Å². The maximum absolute atomic E-state index is 11.5. The summed E-state index contributed by atoms with van der Waals surface area (Å²) >= 11 is 0. The molecule has 1 fully saturated rings. The van der Waals surface area contributed by atoms with Crippen molar-refractivity contribution in [2.24, 2.45) is 5.92 Å². The van der Waals surface area contributed by atoms with Crippen molar-refractivity contribution in [3.05, 3.63) is 35.4 Å². The molecule has 1 aliphatic heterocycles. The number of rotatable bonds is 3. The predicted octanol–water partition coefficient (Wildman–Crippen LogP) is 2.93. The Balaban J connectivity index is 2.23. The van der Waals surface area contributed by atoms with Gasteiger partial charge < -0.3 is 14.7 Å². The van der Waals surface area contributed by atoms with Crippen molar-refractivity contribution in [1.82, 2.24) is 4.90 Å². The average molecular weight is 301 g/mol. The highest BCUT2D eigenvalue weighted by Crippen LogP contribution is 2.35. The number of carbonyl (C=O) groups excluding carboxylic acids is 1. The van der Waals surface area contributed by atoms with Gasteiger partial charge in [-0.1, -0.05) is 12.1 Å². The highest BCUT2D eigenvalue weighted by Gasteiger charge is 2.32. The second-order valence-corrected chi connectivity index (χ2v) is 5.40. The van der Waals surface area contributed by atoms with Crippen molar-refractivity contribution in [2.45, 2.75) is 25.3 Å². The minimum atomic E-state index is -0.929. The third-order valence-electron chi connectivity index (χ3n) is 4.08. The summed E-state index contributed by atoms with van der Waals surface area (Å²) < 4.78 is 4.66. The van der Waals surface area contributed by atoms with E-state index in [1.165, 1.54) is 12.0 Å². The summed E-state index contributed by atoms with van der Waals surface area (Å²) in [7, 11) is 1.33. The highest BCUT2D eigenvalue weighted by atomic mass is 16.5. The van der Waals surface area contributed by atoms with Gasteiger partial charge in [0.15, 0.2) is 0 Å². The van der Waals surface area contributed by atoms with Gasteiger partial charge in [-0.15, -0.1) is 12.3 Å². The summed E-state index contributed by atoms with van der Waals surface area (Å²) in [6, 6.07) is 6.66. The molecule has 0 saturated carbocycles. The second-order valence-electron chi connectivity index (χ2n) is 5.40. The molecule has 2 atom stereocenters. The Morgan fingerprint density at radius 2 is 2.09 bits per heavy atom. The fourth-order valence-electron chi connectivity index (χ4n) is 2.89. The molecule has 1 N–H and O–H groups in total. The van der Waals surface area contributed by atoms with Crippen LogP contribution in [0.1, 0.15) is 41.2 Å². The third kappa shape index (κ3) is 3.40. The molecule has 0 aliphatic carbocycles. The van der Waals surface area contributed by atoms with E-state index in [1.807, 2.05) is 0 Å². The lowest BCUT2D eigenvalue weighted by atomic mass is 9.85. The van der Waals surface area contributed by atoms with Gasteiger partial charge in [0.2, 0.25) is 0 Å². The number of benzene rings is 1. The van der Waals surface area contributed by atoms with E-state index in [0.717, 1.165) is 12.0 Å². The summed E-state index contributed by atoms with van der Waals surface area (Å²) in [4.78, 5) is 24.3. The van der Waals surface area contributed by atoms with Crippen LogP contribution in [-0.2, 0) is 4.74 Å². The van der Waals surface area contributed by atoms with Crippen LogP contribution in [0.5, 0.6) is 0 Å². The van der Waals surface area contributed by atoms with Gasteiger partial charge in [-0.25, -0.2) is 9.59 Å². The molecule has 0 spiro atoms. The maximum atomic E-state index is 11.5. The summed E-state index contributed by atoms with van der Waals surface area (Å²) in [5.74, 6) is 2.58. The molecular formula is C17H19NO4. The van der Waals surface area contributed by atoms with Crippen LogP contribution in [0.25, 0.3) is 0 Å². The van der Waals surface area contributed by atoms with Gasteiger partial charge in [0, 0.05) is 13.0 Å². The molecule has 5 nitrogen and oxygen atoms in total. The Labute approximate surface area is 129 Å². The predicted molar refractivity (Wildman–Crippen MR) is 81.4 cm³/mol. The van der Waals surface area contributed by atoms with Gasteiger partial charge >= 0.3 is 12.1 Å². The molecule has 1 amide bonds. The van der Waals surface area contributed by atoms with Crippen LogP contribution in [0.3, 0.4) is 0 Å². The van der Waals surface area contributed by atoms with Crippen molar-refractivity contribution in [1.29, 1.82) is 0 Å². The van der Waals surface area contributed by atoms with Crippen LogP contribution in [0.4, 0.5) is 4.79 Å². The molecular weight excluding hydrogens is 282 g/mol. The number of piperidine rings is 1. The fraction of sp³-hybridized carbons (Fsp3) is 0.412. The van der Waals surface area contributed by atoms with Gasteiger partial charge in [0.05, 0.1) is 18.7 Å². The summed E-state index contributed by atoms with van der Waals surface area (Å²) in [6.45, 7) is 0.477. The van der Waals surface area contributed by atoms with E-state index < -0.39 is 12.1 Å². The third-order valence-corrected chi connectivity index (χ3v) is 4.08. The first-order valence-corrected chi connectivity index (χ1v) is 7.18. The van der Waals surface area contributed by atoms with Crippen molar-refractivity contribution < 1.29 is 19.4 Å². The molecule has 1 aromatic rings. The Kier molecular flexibility index (Phi) is 5.05. The molecule has 1 heterocycles.